The minimum atomic E-state index is -4.72. The number of phenols is 1. The first kappa shape index (κ1) is 14.6. The number of hydrogen-bond donors (Lipinski definition) is 2. The standard InChI is InChI=1S/C11H6ClF3N2O2S/c12-5-1-2-7(18)6(3-5)17-10(19)8-9(11(13,14)15)16-4-20-8/h1-4,18H,(H,17,19). The molecule has 0 fully saturated rings. The van der Waals surface area contributed by atoms with Crippen molar-refractivity contribution in [2.24, 2.45) is 0 Å². The maximum atomic E-state index is 12.6. The SMILES string of the molecule is O=C(Nc1cc(Cl)ccc1O)c1scnc1C(F)(F)F. The van der Waals surface area contributed by atoms with Gasteiger partial charge in [0, 0.05) is 5.02 Å². The Morgan fingerprint density at radius 1 is 1.40 bits per heavy atom. The number of phenolic OH excluding ortho intramolecular Hbond substituents is 1. The summed E-state index contributed by atoms with van der Waals surface area (Å²) in [6.07, 6.45) is -4.72. The van der Waals surface area contributed by atoms with Gasteiger partial charge in [0.05, 0.1) is 11.2 Å². The average Bonchev–Trinajstić information content (AvgIpc) is 2.82. The van der Waals surface area contributed by atoms with Crippen LogP contribution in [0.4, 0.5) is 18.9 Å². The number of alkyl halides is 3. The summed E-state index contributed by atoms with van der Waals surface area (Å²) in [6, 6.07) is 3.82. The molecule has 4 nitrogen and oxygen atoms in total. The molecule has 0 unspecified atom stereocenters. The summed E-state index contributed by atoms with van der Waals surface area (Å²) in [5.74, 6) is -1.32. The van der Waals surface area contributed by atoms with E-state index in [0.29, 0.717) is 11.3 Å². The van der Waals surface area contributed by atoms with E-state index in [1.807, 2.05) is 0 Å². The van der Waals surface area contributed by atoms with Gasteiger partial charge in [-0.1, -0.05) is 11.6 Å². The van der Waals surface area contributed by atoms with Crippen LogP contribution in [0.15, 0.2) is 23.7 Å². The van der Waals surface area contributed by atoms with E-state index in [9.17, 15) is 23.1 Å². The Hall–Kier alpha value is -1.80. The number of aromatic nitrogens is 1. The van der Waals surface area contributed by atoms with E-state index in [1.165, 1.54) is 18.2 Å². The van der Waals surface area contributed by atoms with Gasteiger partial charge in [-0.3, -0.25) is 4.79 Å². The molecule has 0 aliphatic rings. The van der Waals surface area contributed by atoms with Gasteiger partial charge in [-0.25, -0.2) is 4.98 Å². The summed E-state index contributed by atoms with van der Waals surface area (Å²) in [6.45, 7) is 0. The molecule has 2 aromatic rings. The first-order valence-electron chi connectivity index (χ1n) is 5.09. The highest BCUT2D eigenvalue weighted by Crippen LogP contribution is 2.34. The fourth-order valence-electron chi connectivity index (χ4n) is 1.40. The molecular formula is C11H6ClF3N2O2S. The van der Waals surface area contributed by atoms with Gasteiger partial charge in [-0.15, -0.1) is 11.3 Å². The molecule has 106 valence electrons. The molecule has 20 heavy (non-hydrogen) atoms. The Morgan fingerprint density at radius 3 is 2.75 bits per heavy atom. The second-order valence-corrected chi connectivity index (χ2v) is 4.93. The third-order valence-corrected chi connectivity index (χ3v) is 3.31. The van der Waals surface area contributed by atoms with E-state index in [2.05, 4.69) is 10.3 Å². The third kappa shape index (κ3) is 3.02. The van der Waals surface area contributed by atoms with Gasteiger partial charge in [0.25, 0.3) is 5.91 Å². The van der Waals surface area contributed by atoms with Crippen molar-refractivity contribution in [2.45, 2.75) is 6.18 Å². The zero-order valence-electron chi connectivity index (χ0n) is 9.53. The van der Waals surface area contributed by atoms with Crippen LogP contribution < -0.4 is 5.32 Å². The molecule has 9 heteroatoms. The van der Waals surface area contributed by atoms with Crippen molar-refractivity contribution in [3.05, 3.63) is 39.3 Å². The van der Waals surface area contributed by atoms with Crippen LogP contribution in [0.3, 0.4) is 0 Å². The predicted molar refractivity (Wildman–Crippen MR) is 68.2 cm³/mol. The number of nitrogens with one attached hydrogen (secondary N) is 1. The van der Waals surface area contributed by atoms with Gasteiger partial charge >= 0.3 is 6.18 Å². The van der Waals surface area contributed by atoms with Gasteiger partial charge in [0.15, 0.2) is 5.69 Å². The Balaban J connectivity index is 2.30. The van der Waals surface area contributed by atoms with Crippen molar-refractivity contribution in [3.63, 3.8) is 0 Å². The zero-order valence-corrected chi connectivity index (χ0v) is 11.1. The van der Waals surface area contributed by atoms with E-state index in [0.717, 1.165) is 5.51 Å². The number of hydrogen-bond acceptors (Lipinski definition) is 4. The molecule has 1 amide bonds. The third-order valence-electron chi connectivity index (χ3n) is 2.25. The molecule has 1 aromatic carbocycles. The lowest BCUT2D eigenvalue weighted by molar-refractivity contribution is -0.141. The number of carbonyl (C=O) groups is 1. The number of thiazole rings is 1. The van der Waals surface area contributed by atoms with Gasteiger partial charge in [-0.05, 0) is 18.2 Å². The Morgan fingerprint density at radius 2 is 2.10 bits per heavy atom. The molecule has 2 rings (SSSR count). The van der Waals surface area contributed by atoms with Crippen molar-refractivity contribution in [1.82, 2.24) is 4.98 Å². The molecule has 0 spiro atoms. The lowest BCUT2D eigenvalue weighted by Gasteiger charge is -2.09. The number of nitrogens with zero attached hydrogens (tertiary/aromatic N) is 1. The summed E-state index contributed by atoms with van der Waals surface area (Å²) in [7, 11) is 0. The second-order valence-electron chi connectivity index (χ2n) is 3.64. The van der Waals surface area contributed by atoms with E-state index >= 15 is 0 Å². The number of anilines is 1. The smallest absolute Gasteiger partial charge is 0.434 e. The summed E-state index contributed by atoms with van der Waals surface area (Å²) in [5, 5.41) is 11.9. The fraction of sp³-hybridized carbons (Fsp3) is 0.0909. The molecule has 0 aliphatic carbocycles. The minimum absolute atomic E-state index is 0.0796. The molecule has 0 atom stereocenters. The van der Waals surface area contributed by atoms with E-state index in [4.69, 9.17) is 11.6 Å². The molecule has 1 aromatic heterocycles. The normalized spacial score (nSPS) is 11.4. The molecule has 0 bridgehead atoms. The van der Waals surface area contributed by atoms with Crippen LogP contribution in [-0.2, 0) is 6.18 Å². The highest BCUT2D eigenvalue weighted by molar-refractivity contribution is 7.12. The first-order valence-corrected chi connectivity index (χ1v) is 6.35. The minimum Gasteiger partial charge on any atom is -0.506 e. The second kappa shape index (κ2) is 5.29. The molecule has 0 saturated heterocycles. The Labute approximate surface area is 119 Å². The van der Waals surface area contributed by atoms with Crippen molar-refractivity contribution in [1.29, 1.82) is 0 Å². The molecule has 0 saturated carbocycles. The summed E-state index contributed by atoms with van der Waals surface area (Å²) < 4.78 is 37.9. The van der Waals surface area contributed by atoms with Crippen LogP contribution in [0.2, 0.25) is 5.02 Å². The van der Waals surface area contributed by atoms with Crippen molar-refractivity contribution in [2.75, 3.05) is 5.32 Å². The number of aromatic hydroxyl groups is 1. The van der Waals surface area contributed by atoms with Gasteiger partial charge in [0.2, 0.25) is 0 Å². The molecular weight excluding hydrogens is 317 g/mol. The van der Waals surface area contributed by atoms with Crippen molar-refractivity contribution in [3.8, 4) is 5.75 Å². The Kier molecular flexibility index (Phi) is 3.87. The highest BCUT2D eigenvalue weighted by Gasteiger charge is 2.38. The molecule has 0 radical (unpaired) electrons. The maximum absolute atomic E-state index is 12.6. The van der Waals surface area contributed by atoms with E-state index < -0.39 is 22.7 Å². The van der Waals surface area contributed by atoms with Crippen LogP contribution in [-0.4, -0.2) is 16.0 Å². The Bertz CT molecular complexity index is 657. The quantitative estimate of drug-likeness (QED) is 0.827. The number of benzene rings is 1. The molecule has 0 aliphatic heterocycles. The van der Waals surface area contributed by atoms with Crippen LogP contribution in [0.5, 0.6) is 5.75 Å². The summed E-state index contributed by atoms with van der Waals surface area (Å²) >= 11 is 6.23. The number of halogens is 4. The van der Waals surface area contributed by atoms with Crippen LogP contribution in [0.25, 0.3) is 0 Å². The van der Waals surface area contributed by atoms with E-state index in [-0.39, 0.29) is 16.5 Å². The summed E-state index contributed by atoms with van der Waals surface area (Å²) in [5.41, 5.74) is -0.416. The van der Waals surface area contributed by atoms with Crippen LogP contribution in [0, 0.1) is 0 Å². The average molecular weight is 323 g/mol. The van der Waals surface area contributed by atoms with Crippen molar-refractivity contribution >= 4 is 34.5 Å². The molecule has 1 heterocycles. The van der Waals surface area contributed by atoms with Gasteiger partial charge in [-0.2, -0.15) is 13.2 Å². The number of rotatable bonds is 2. The zero-order chi connectivity index (χ0) is 14.9. The predicted octanol–water partition coefficient (Wildman–Crippen LogP) is 3.77. The first-order chi connectivity index (χ1) is 9.29. The van der Waals surface area contributed by atoms with Crippen molar-refractivity contribution < 1.29 is 23.1 Å². The number of amides is 1. The largest absolute Gasteiger partial charge is 0.506 e. The monoisotopic (exact) mass is 322 g/mol. The van der Waals surface area contributed by atoms with Crippen LogP contribution >= 0.6 is 22.9 Å². The topological polar surface area (TPSA) is 62.2 Å². The van der Waals surface area contributed by atoms with Gasteiger partial charge in [0.1, 0.15) is 10.6 Å². The maximum Gasteiger partial charge on any atom is 0.434 e. The lowest BCUT2D eigenvalue weighted by atomic mass is 10.2. The van der Waals surface area contributed by atoms with Crippen LogP contribution in [0.1, 0.15) is 15.4 Å². The molecule has 2 N–H and O–H groups in total. The van der Waals surface area contributed by atoms with E-state index in [1.54, 1.807) is 0 Å². The summed E-state index contributed by atoms with van der Waals surface area (Å²) in [4.78, 5) is 14.4. The van der Waals surface area contributed by atoms with Gasteiger partial charge < -0.3 is 10.4 Å². The fourth-order valence-corrected chi connectivity index (χ4v) is 2.27. The lowest BCUT2D eigenvalue weighted by Crippen LogP contribution is -2.17. The highest BCUT2D eigenvalue weighted by atomic mass is 35.5. The number of carbonyl (C=O) groups excluding carboxylic acids is 1.